The van der Waals surface area contributed by atoms with Gasteiger partial charge in [0.25, 0.3) is 5.56 Å². The first kappa shape index (κ1) is 18.2. The van der Waals surface area contributed by atoms with E-state index in [1.54, 1.807) is 0 Å². The van der Waals surface area contributed by atoms with Crippen LogP contribution in [0.2, 0.25) is 0 Å². The van der Waals surface area contributed by atoms with Crippen LogP contribution >= 0.6 is 0 Å². The summed E-state index contributed by atoms with van der Waals surface area (Å²) in [6.45, 7) is 4.91. The molecule has 0 fully saturated rings. The molecule has 28 heavy (non-hydrogen) atoms. The van der Waals surface area contributed by atoms with E-state index in [-0.39, 0.29) is 11.0 Å². The SMILES string of the molecule is CCCc1[nH]nc2c(=O)[nH]c(NCC3(C)C=CC=C(c4ccn(C)n4)C3)nc12. The maximum Gasteiger partial charge on any atom is 0.280 e. The highest BCUT2D eigenvalue weighted by atomic mass is 16.1. The Morgan fingerprint density at radius 3 is 2.96 bits per heavy atom. The molecule has 8 heteroatoms. The minimum atomic E-state index is -0.232. The molecule has 0 saturated heterocycles. The Morgan fingerprint density at radius 1 is 1.36 bits per heavy atom. The first-order valence-electron chi connectivity index (χ1n) is 9.57. The van der Waals surface area contributed by atoms with E-state index < -0.39 is 0 Å². The summed E-state index contributed by atoms with van der Waals surface area (Å²) in [5.74, 6) is 0.472. The van der Waals surface area contributed by atoms with Gasteiger partial charge in [0.15, 0.2) is 5.52 Å². The van der Waals surface area contributed by atoms with Gasteiger partial charge in [-0.3, -0.25) is 19.6 Å². The van der Waals surface area contributed by atoms with Crippen molar-refractivity contribution in [3.63, 3.8) is 0 Å². The highest BCUT2D eigenvalue weighted by molar-refractivity contribution is 5.77. The first-order valence-corrected chi connectivity index (χ1v) is 9.57. The maximum atomic E-state index is 12.3. The molecule has 0 radical (unpaired) electrons. The molecule has 146 valence electrons. The highest BCUT2D eigenvalue weighted by Gasteiger charge is 2.26. The van der Waals surface area contributed by atoms with Crippen LogP contribution in [0.1, 0.15) is 38.1 Å². The zero-order chi connectivity index (χ0) is 19.7. The van der Waals surface area contributed by atoms with Gasteiger partial charge in [-0.15, -0.1) is 0 Å². The highest BCUT2D eigenvalue weighted by Crippen LogP contribution is 2.35. The summed E-state index contributed by atoms with van der Waals surface area (Å²) in [6, 6.07) is 2.03. The quantitative estimate of drug-likeness (QED) is 0.611. The Balaban J connectivity index is 1.52. The van der Waals surface area contributed by atoms with Crippen molar-refractivity contribution in [2.45, 2.75) is 33.1 Å². The minimum Gasteiger partial charge on any atom is -0.355 e. The molecule has 0 spiro atoms. The summed E-state index contributed by atoms with van der Waals surface area (Å²) in [4.78, 5) is 19.7. The molecule has 4 rings (SSSR count). The van der Waals surface area contributed by atoms with Gasteiger partial charge in [0.1, 0.15) is 5.52 Å². The van der Waals surface area contributed by atoms with Crippen LogP contribution in [0, 0.1) is 5.41 Å². The van der Waals surface area contributed by atoms with Crippen LogP contribution in [-0.2, 0) is 13.5 Å². The number of fused-ring (bicyclic) bond motifs is 1. The van der Waals surface area contributed by atoms with Gasteiger partial charge in [0, 0.05) is 25.2 Å². The van der Waals surface area contributed by atoms with Gasteiger partial charge in [0.05, 0.1) is 11.4 Å². The molecule has 3 aromatic rings. The second-order valence-corrected chi connectivity index (χ2v) is 7.67. The number of nitrogens with zero attached hydrogens (tertiary/aromatic N) is 4. The number of rotatable bonds is 6. The largest absolute Gasteiger partial charge is 0.355 e. The Kier molecular flexibility index (Phi) is 4.62. The number of allylic oxidation sites excluding steroid dienone is 3. The molecule has 0 aromatic carbocycles. The van der Waals surface area contributed by atoms with Crippen LogP contribution in [0.4, 0.5) is 5.95 Å². The zero-order valence-corrected chi connectivity index (χ0v) is 16.4. The molecule has 1 aliphatic carbocycles. The fourth-order valence-corrected chi connectivity index (χ4v) is 3.58. The van der Waals surface area contributed by atoms with Crippen LogP contribution in [-0.4, -0.2) is 36.5 Å². The summed E-state index contributed by atoms with van der Waals surface area (Å²) in [5.41, 5.74) is 3.75. The summed E-state index contributed by atoms with van der Waals surface area (Å²) < 4.78 is 1.81. The third-order valence-electron chi connectivity index (χ3n) is 5.08. The van der Waals surface area contributed by atoms with E-state index in [1.165, 1.54) is 5.57 Å². The van der Waals surface area contributed by atoms with Crippen molar-refractivity contribution in [3.05, 3.63) is 52.2 Å². The Labute approximate surface area is 162 Å². The van der Waals surface area contributed by atoms with E-state index in [9.17, 15) is 4.79 Å². The summed E-state index contributed by atoms with van der Waals surface area (Å²) in [6.07, 6.45) is 10.9. The predicted molar refractivity (Wildman–Crippen MR) is 110 cm³/mol. The molecule has 3 aromatic heterocycles. The average Bonchev–Trinajstić information content (AvgIpc) is 3.28. The summed E-state index contributed by atoms with van der Waals surface area (Å²) >= 11 is 0. The van der Waals surface area contributed by atoms with Gasteiger partial charge < -0.3 is 5.32 Å². The molecule has 0 aliphatic heterocycles. The molecule has 3 N–H and O–H groups in total. The van der Waals surface area contributed by atoms with Crippen molar-refractivity contribution in [2.75, 3.05) is 11.9 Å². The Bertz CT molecular complexity index is 1120. The lowest BCUT2D eigenvalue weighted by atomic mass is 9.79. The normalized spacial score (nSPS) is 19.2. The van der Waals surface area contributed by atoms with E-state index in [2.05, 4.69) is 62.7 Å². The maximum absolute atomic E-state index is 12.3. The topological polar surface area (TPSA) is 104 Å². The number of aromatic amines is 2. The van der Waals surface area contributed by atoms with Crippen LogP contribution in [0.25, 0.3) is 16.6 Å². The number of nitrogens with one attached hydrogen (secondary N) is 3. The van der Waals surface area contributed by atoms with Crippen molar-refractivity contribution >= 4 is 22.6 Å². The number of hydrogen-bond donors (Lipinski definition) is 3. The standard InChI is InChI=1S/C20H25N7O/c1-4-6-15-16-17(25-24-15)18(28)23-19(22-16)21-12-20(2)9-5-7-13(11-20)14-8-10-27(3)26-14/h5,7-10H,4,6,11-12H2,1-3H3,(H,24,25)(H2,21,22,23,28). The number of hydrogen-bond acceptors (Lipinski definition) is 5. The van der Waals surface area contributed by atoms with E-state index in [0.717, 1.165) is 30.7 Å². The number of anilines is 1. The summed E-state index contributed by atoms with van der Waals surface area (Å²) in [5, 5.41) is 14.9. The van der Waals surface area contributed by atoms with Crippen molar-refractivity contribution in [1.29, 1.82) is 0 Å². The van der Waals surface area contributed by atoms with Gasteiger partial charge in [-0.05, 0) is 24.5 Å². The van der Waals surface area contributed by atoms with Crippen LogP contribution < -0.4 is 10.9 Å². The molecule has 1 aliphatic rings. The predicted octanol–water partition coefficient (Wildman–Crippen LogP) is 2.79. The van der Waals surface area contributed by atoms with Crippen molar-refractivity contribution in [3.8, 4) is 0 Å². The second kappa shape index (κ2) is 7.10. The van der Waals surface area contributed by atoms with Gasteiger partial charge in [-0.25, -0.2) is 4.98 Å². The molecule has 0 saturated carbocycles. The fraction of sp³-hybridized carbons (Fsp3) is 0.400. The van der Waals surface area contributed by atoms with E-state index in [4.69, 9.17) is 0 Å². The average molecular weight is 379 g/mol. The van der Waals surface area contributed by atoms with Crippen LogP contribution in [0.3, 0.4) is 0 Å². The molecule has 8 nitrogen and oxygen atoms in total. The second-order valence-electron chi connectivity index (χ2n) is 7.67. The van der Waals surface area contributed by atoms with Gasteiger partial charge in [-0.1, -0.05) is 38.5 Å². The molecule has 1 atom stereocenters. The lowest BCUT2D eigenvalue weighted by molar-refractivity contribution is 0.463. The number of aryl methyl sites for hydroxylation is 2. The monoisotopic (exact) mass is 379 g/mol. The van der Waals surface area contributed by atoms with Gasteiger partial charge in [-0.2, -0.15) is 10.2 Å². The van der Waals surface area contributed by atoms with Crippen LogP contribution in [0.15, 0.2) is 35.3 Å². The third kappa shape index (κ3) is 3.49. The van der Waals surface area contributed by atoms with Crippen LogP contribution in [0.5, 0.6) is 0 Å². The Hall–Kier alpha value is -3.16. The third-order valence-corrected chi connectivity index (χ3v) is 5.08. The van der Waals surface area contributed by atoms with E-state index in [0.29, 0.717) is 23.5 Å². The summed E-state index contributed by atoms with van der Waals surface area (Å²) in [7, 11) is 1.92. The lowest BCUT2D eigenvalue weighted by Crippen LogP contribution is -2.27. The smallest absolute Gasteiger partial charge is 0.280 e. The van der Waals surface area contributed by atoms with Crippen molar-refractivity contribution in [2.24, 2.45) is 12.5 Å². The van der Waals surface area contributed by atoms with E-state index >= 15 is 0 Å². The molecule has 3 heterocycles. The number of aromatic nitrogens is 6. The van der Waals surface area contributed by atoms with Crippen molar-refractivity contribution in [1.82, 2.24) is 29.9 Å². The number of H-pyrrole nitrogens is 2. The fourth-order valence-electron chi connectivity index (χ4n) is 3.58. The molecule has 0 amide bonds. The Morgan fingerprint density at radius 2 is 2.21 bits per heavy atom. The van der Waals surface area contributed by atoms with Gasteiger partial charge >= 0.3 is 0 Å². The first-order chi connectivity index (χ1) is 13.5. The molecule has 0 bridgehead atoms. The lowest BCUT2D eigenvalue weighted by Gasteiger charge is -2.29. The van der Waals surface area contributed by atoms with E-state index in [1.807, 2.05) is 24.0 Å². The van der Waals surface area contributed by atoms with Crippen molar-refractivity contribution < 1.29 is 0 Å². The van der Waals surface area contributed by atoms with Gasteiger partial charge in [0.2, 0.25) is 5.95 Å². The zero-order valence-electron chi connectivity index (χ0n) is 16.4. The molecular weight excluding hydrogens is 354 g/mol. The minimum absolute atomic E-state index is 0.113. The molecule has 1 unspecified atom stereocenters. The molecular formula is C20H25N7O.